The molecule has 0 amide bonds. The monoisotopic (exact) mass is 237 g/mol. The van der Waals surface area contributed by atoms with E-state index in [0.717, 1.165) is 24.0 Å². The number of benzene rings is 1. The molecule has 0 bridgehead atoms. The van der Waals surface area contributed by atoms with E-state index in [-0.39, 0.29) is 12.1 Å². The molecule has 3 nitrogen and oxygen atoms in total. The van der Waals surface area contributed by atoms with Crippen LogP contribution in [0.5, 0.6) is 5.75 Å². The third-order valence-electron chi connectivity index (χ3n) is 3.38. The third-order valence-corrected chi connectivity index (χ3v) is 3.38. The van der Waals surface area contributed by atoms with Crippen molar-refractivity contribution in [1.29, 1.82) is 0 Å². The van der Waals surface area contributed by atoms with Crippen molar-refractivity contribution in [1.82, 2.24) is 5.32 Å². The second-order valence-corrected chi connectivity index (χ2v) is 4.87. The molecule has 1 aromatic rings. The zero-order valence-electron chi connectivity index (χ0n) is 11.0. The molecule has 0 saturated carbocycles. The molecule has 0 fully saturated rings. The van der Waals surface area contributed by atoms with Gasteiger partial charge in [-0.15, -0.1) is 0 Å². The van der Waals surface area contributed by atoms with Crippen molar-refractivity contribution >= 4 is 0 Å². The lowest BCUT2D eigenvalue weighted by atomic mass is 9.94. The Labute approximate surface area is 103 Å². The largest absolute Gasteiger partial charge is 0.508 e. The van der Waals surface area contributed by atoms with Crippen LogP contribution in [0.4, 0.5) is 0 Å². The van der Waals surface area contributed by atoms with E-state index >= 15 is 0 Å². The number of hydrogen-bond acceptors (Lipinski definition) is 3. The van der Waals surface area contributed by atoms with Crippen LogP contribution in [0, 0.1) is 6.92 Å². The maximum Gasteiger partial charge on any atom is 0.120 e. The highest BCUT2D eigenvalue weighted by Crippen LogP contribution is 2.20. The van der Waals surface area contributed by atoms with Crippen molar-refractivity contribution in [3.05, 3.63) is 29.3 Å². The fourth-order valence-electron chi connectivity index (χ4n) is 1.80. The van der Waals surface area contributed by atoms with Crippen LogP contribution in [0.15, 0.2) is 18.2 Å². The van der Waals surface area contributed by atoms with Crippen LogP contribution in [0.2, 0.25) is 0 Å². The number of aromatic hydroxyl groups is 1. The molecule has 0 aliphatic rings. The number of aliphatic hydroxyl groups excluding tert-OH is 1. The first-order chi connectivity index (χ1) is 8.00. The number of phenolic OH excluding ortho intramolecular Hbond substituents is 1. The topological polar surface area (TPSA) is 52.5 Å². The fourth-order valence-corrected chi connectivity index (χ4v) is 1.80. The maximum absolute atomic E-state index is 9.75. The van der Waals surface area contributed by atoms with Gasteiger partial charge in [0.25, 0.3) is 0 Å². The van der Waals surface area contributed by atoms with Gasteiger partial charge in [-0.25, -0.2) is 0 Å². The molecule has 0 aromatic heterocycles. The summed E-state index contributed by atoms with van der Waals surface area (Å²) in [7, 11) is 0. The van der Waals surface area contributed by atoms with E-state index in [2.05, 4.69) is 19.2 Å². The molecule has 96 valence electrons. The maximum atomic E-state index is 9.75. The highest BCUT2D eigenvalue weighted by Gasteiger charge is 2.20. The number of phenols is 1. The van der Waals surface area contributed by atoms with Gasteiger partial charge in [0.2, 0.25) is 0 Å². The number of aryl methyl sites for hydroxylation is 1. The summed E-state index contributed by atoms with van der Waals surface area (Å²) >= 11 is 0. The number of nitrogens with one attached hydrogen (secondary N) is 1. The Kier molecular flexibility index (Phi) is 4.97. The van der Waals surface area contributed by atoms with Gasteiger partial charge in [0, 0.05) is 24.3 Å². The molecule has 1 aromatic carbocycles. The summed E-state index contributed by atoms with van der Waals surface area (Å²) in [6.45, 7) is 7.00. The standard InChI is InChI=1S/C14H23NO2/c1-4-14(3,7-8-16)15-10-12-9-11(2)5-6-13(12)17/h5-6,9,15-17H,4,7-8,10H2,1-3H3. The first-order valence-electron chi connectivity index (χ1n) is 6.15. The Bertz CT molecular complexity index is 365. The molecule has 3 heteroatoms. The predicted octanol–water partition coefficient (Wildman–Crippen LogP) is 2.34. The van der Waals surface area contributed by atoms with Gasteiger partial charge in [-0.05, 0) is 32.8 Å². The molecule has 0 saturated heterocycles. The number of hydrogen-bond donors (Lipinski definition) is 3. The van der Waals surface area contributed by atoms with E-state index in [4.69, 9.17) is 5.11 Å². The van der Waals surface area contributed by atoms with Crippen molar-refractivity contribution in [2.45, 2.75) is 45.7 Å². The molecule has 0 spiro atoms. The third kappa shape index (κ3) is 4.02. The summed E-state index contributed by atoms with van der Waals surface area (Å²) in [5.74, 6) is 0.325. The van der Waals surface area contributed by atoms with Crippen LogP contribution in [-0.2, 0) is 6.54 Å². The number of rotatable bonds is 6. The van der Waals surface area contributed by atoms with Gasteiger partial charge >= 0.3 is 0 Å². The summed E-state index contributed by atoms with van der Waals surface area (Å²) in [6, 6.07) is 5.60. The van der Waals surface area contributed by atoms with E-state index < -0.39 is 0 Å². The van der Waals surface area contributed by atoms with E-state index in [1.165, 1.54) is 0 Å². The Morgan fingerprint density at radius 3 is 2.65 bits per heavy atom. The lowest BCUT2D eigenvalue weighted by Crippen LogP contribution is -2.42. The first-order valence-corrected chi connectivity index (χ1v) is 6.15. The molecule has 0 radical (unpaired) electrons. The molecule has 17 heavy (non-hydrogen) atoms. The van der Waals surface area contributed by atoms with Gasteiger partial charge in [0.1, 0.15) is 5.75 Å². The van der Waals surface area contributed by atoms with Crippen molar-refractivity contribution in [3.8, 4) is 5.75 Å². The Balaban J connectivity index is 2.68. The van der Waals surface area contributed by atoms with Gasteiger partial charge in [-0.2, -0.15) is 0 Å². The lowest BCUT2D eigenvalue weighted by molar-refractivity contribution is 0.214. The quantitative estimate of drug-likeness (QED) is 0.712. The smallest absolute Gasteiger partial charge is 0.120 e. The van der Waals surface area contributed by atoms with E-state index in [1.807, 2.05) is 19.1 Å². The first kappa shape index (κ1) is 14.0. The molecular formula is C14H23NO2. The van der Waals surface area contributed by atoms with Gasteiger partial charge in [0.15, 0.2) is 0 Å². The van der Waals surface area contributed by atoms with Crippen LogP contribution in [0.3, 0.4) is 0 Å². The van der Waals surface area contributed by atoms with Crippen LogP contribution in [0.25, 0.3) is 0 Å². The van der Waals surface area contributed by atoms with Gasteiger partial charge < -0.3 is 15.5 Å². The molecule has 0 heterocycles. The van der Waals surface area contributed by atoms with Crippen molar-refractivity contribution in [3.63, 3.8) is 0 Å². The highest BCUT2D eigenvalue weighted by molar-refractivity contribution is 5.35. The summed E-state index contributed by atoms with van der Waals surface area (Å²) in [5.41, 5.74) is 1.97. The minimum Gasteiger partial charge on any atom is -0.508 e. The zero-order valence-corrected chi connectivity index (χ0v) is 11.0. The second kappa shape index (κ2) is 6.03. The van der Waals surface area contributed by atoms with Gasteiger partial charge in [0.05, 0.1) is 0 Å². The molecule has 1 atom stereocenters. The minimum atomic E-state index is -0.0784. The Hall–Kier alpha value is -1.06. The summed E-state index contributed by atoms with van der Waals surface area (Å²) in [6.07, 6.45) is 1.66. The SMILES string of the molecule is CCC(C)(CCO)NCc1cc(C)ccc1O. The Morgan fingerprint density at radius 2 is 2.06 bits per heavy atom. The molecular weight excluding hydrogens is 214 g/mol. The predicted molar refractivity (Wildman–Crippen MR) is 70.1 cm³/mol. The normalized spacial score (nSPS) is 14.6. The zero-order chi connectivity index (χ0) is 12.9. The highest BCUT2D eigenvalue weighted by atomic mass is 16.3. The van der Waals surface area contributed by atoms with E-state index in [1.54, 1.807) is 6.07 Å². The van der Waals surface area contributed by atoms with Crippen molar-refractivity contribution < 1.29 is 10.2 Å². The van der Waals surface area contributed by atoms with Gasteiger partial charge in [-0.1, -0.05) is 24.6 Å². The average molecular weight is 237 g/mol. The van der Waals surface area contributed by atoms with Crippen LogP contribution >= 0.6 is 0 Å². The van der Waals surface area contributed by atoms with Crippen LogP contribution < -0.4 is 5.32 Å². The minimum absolute atomic E-state index is 0.0784. The number of aliphatic hydroxyl groups is 1. The fraction of sp³-hybridized carbons (Fsp3) is 0.571. The van der Waals surface area contributed by atoms with E-state index in [0.29, 0.717) is 12.3 Å². The summed E-state index contributed by atoms with van der Waals surface area (Å²) < 4.78 is 0. The second-order valence-electron chi connectivity index (χ2n) is 4.87. The molecule has 3 N–H and O–H groups in total. The summed E-state index contributed by atoms with van der Waals surface area (Å²) in [5, 5.41) is 22.2. The summed E-state index contributed by atoms with van der Waals surface area (Å²) in [4.78, 5) is 0. The molecule has 0 aliphatic carbocycles. The lowest BCUT2D eigenvalue weighted by Gasteiger charge is -2.29. The van der Waals surface area contributed by atoms with Crippen molar-refractivity contribution in [2.75, 3.05) is 6.61 Å². The average Bonchev–Trinajstić information content (AvgIpc) is 2.31. The Morgan fingerprint density at radius 1 is 1.35 bits per heavy atom. The van der Waals surface area contributed by atoms with Crippen molar-refractivity contribution in [2.24, 2.45) is 0 Å². The van der Waals surface area contributed by atoms with Gasteiger partial charge in [-0.3, -0.25) is 0 Å². The van der Waals surface area contributed by atoms with Crippen LogP contribution in [-0.4, -0.2) is 22.4 Å². The van der Waals surface area contributed by atoms with Crippen LogP contribution in [0.1, 0.15) is 37.8 Å². The molecule has 1 rings (SSSR count). The molecule has 1 unspecified atom stereocenters. The van der Waals surface area contributed by atoms with E-state index in [9.17, 15) is 5.11 Å². The molecule has 0 aliphatic heterocycles.